The lowest BCUT2D eigenvalue weighted by Gasteiger charge is -2.30. The van der Waals surface area contributed by atoms with Crippen molar-refractivity contribution in [2.45, 2.75) is 24.7 Å². The summed E-state index contributed by atoms with van der Waals surface area (Å²) in [6.07, 6.45) is 1.51. The molecule has 0 bridgehead atoms. The number of nitrogens with one attached hydrogen (secondary N) is 1. The van der Waals surface area contributed by atoms with Gasteiger partial charge in [-0.2, -0.15) is 0 Å². The summed E-state index contributed by atoms with van der Waals surface area (Å²) < 4.78 is 28.2. The molecular weight excluding hydrogens is 428 g/mol. The highest BCUT2D eigenvalue weighted by Crippen LogP contribution is 2.32. The molecule has 0 aromatic heterocycles. The molecule has 7 nitrogen and oxygen atoms in total. The molecule has 0 spiro atoms. The lowest BCUT2D eigenvalue weighted by atomic mass is 10.0. The van der Waals surface area contributed by atoms with Crippen LogP contribution in [0.3, 0.4) is 0 Å². The average Bonchev–Trinajstić information content (AvgIpc) is 2.78. The first-order valence-electron chi connectivity index (χ1n) is 10.1. The SMILES string of the molecule is Cc1ccc2c(c1)CCCN2S(=O)(=O)c1cccc(C(=O)Nc2ccccc2C(=O)[O-])c1. The van der Waals surface area contributed by atoms with Crippen molar-refractivity contribution in [1.29, 1.82) is 0 Å². The van der Waals surface area contributed by atoms with E-state index in [9.17, 15) is 23.1 Å². The number of benzene rings is 3. The number of aryl methyl sites for hydroxylation is 2. The molecule has 32 heavy (non-hydrogen) atoms. The van der Waals surface area contributed by atoms with Crippen molar-refractivity contribution in [3.63, 3.8) is 0 Å². The van der Waals surface area contributed by atoms with Gasteiger partial charge in [-0.1, -0.05) is 42.0 Å². The molecule has 4 rings (SSSR count). The monoisotopic (exact) mass is 449 g/mol. The summed E-state index contributed by atoms with van der Waals surface area (Å²) >= 11 is 0. The Morgan fingerprint density at radius 1 is 1.00 bits per heavy atom. The number of carboxylic acid groups (broad SMARTS) is 1. The van der Waals surface area contributed by atoms with Crippen LogP contribution in [-0.2, 0) is 16.4 Å². The van der Waals surface area contributed by atoms with Crippen LogP contribution in [0.15, 0.2) is 71.6 Å². The maximum absolute atomic E-state index is 13.4. The van der Waals surface area contributed by atoms with Crippen molar-refractivity contribution in [3.8, 4) is 0 Å². The Labute approximate surface area is 186 Å². The molecule has 1 amide bonds. The van der Waals surface area contributed by atoms with E-state index in [-0.39, 0.29) is 21.7 Å². The van der Waals surface area contributed by atoms with Crippen molar-refractivity contribution in [2.75, 3.05) is 16.2 Å². The van der Waals surface area contributed by atoms with Gasteiger partial charge >= 0.3 is 0 Å². The number of aromatic carboxylic acids is 1. The number of para-hydroxylation sites is 1. The maximum Gasteiger partial charge on any atom is 0.264 e. The van der Waals surface area contributed by atoms with Gasteiger partial charge in [0.2, 0.25) is 0 Å². The first-order chi connectivity index (χ1) is 15.3. The second kappa shape index (κ2) is 8.47. The number of sulfonamides is 1. The first-order valence-corrected chi connectivity index (χ1v) is 11.6. The van der Waals surface area contributed by atoms with Gasteiger partial charge in [-0.3, -0.25) is 9.10 Å². The molecule has 0 aliphatic carbocycles. The Morgan fingerprint density at radius 3 is 2.56 bits per heavy atom. The summed E-state index contributed by atoms with van der Waals surface area (Å²) in [5.41, 5.74) is 2.71. The van der Waals surface area contributed by atoms with Crippen LogP contribution >= 0.6 is 0 Å². The summed E-state index contributed by atoms with van der Waals surface area (Å²) in [6.45, 7) is 2.32. The van der Waals surface area contributed by atoms with Crippen molar-refractivity contribution in [2.24, 2.45) is 0 Å². The fraction of sp³-hybridized carbons (Fsp3) is 0.167. The third-order valence-electron chi connectivity index (χ3n) is 5.39. The summed E-state index contributed by atoms with van der Waals surface area (Å²) in [4.78, 5) is 24.0. The molecule has 0 atom stereocenters. The normalized spacial score (nSPS) is 13.3. The summed E-state index contributed by atoms with van der Waals surface area (Å²) in [5, 5.41) is 13.8. The Bertz CT molecular complexity index is 1320. The fourth-order valence-corrected chi connectivity index (χ4v) is 5.42. The van der Waals surface area contributed by atoms with E-state index >= 15 is 0 Å². The number of amides is 1. The van der Waals surface area contributed by atoms with Crippen molar-refractivity contribution < 1.29 is 23.1 Å². The highest BCUT2D eigenvalue weighted by Gasteiger charge is 2.29. The van der Waals surface area contributed by atoms with Gasteiger partial charge in [-0.15, -0.1) is 0 Å². The van der Waals surface area contributed by atoms with Crippen LogP contribution in [0, 0.1) is 6.92 Å². The molecule has 0 radical (unpaired) electrons. The Kier molecular flexibility index (Phi) is 5.71. The molecule has 0 saturated heterocycles. The van der Waals surface area contributed by atoms with Gasteiger partial charge < -0.3 is 15.2 Å². The number of anilines is 2. The molecule has 0 unspecified atom stereocenters. The van der Waals surface area contributed by atoms with E-state index in [2.05, 4.69) is 5.32 Å². The molecule has 1 N–H and O–H groups in total. The number of carboxylic acids is 1. The van der Waals surface area contributed by atoms with Crippen LogP contribution in [0.5, 0.6) is 0 Å². The van der Waals surface area contributed by atoms with Gasteiger partial charge in [-0.25, -0.2) is 8.42 Å². The predicted octanol–water partition coefficient (Wildman–Crippen LogP) is 2.75. The zero-order valence-electron chi connectivity index (χ0n) is 17.4. The number of carbonyl (C=O) groups is 2. The van der Waals surface area contributed by atoms with E-state index in [1.807, 2.05) is 25.1 Å². The van der Waals surface area contributed by atoms with Crippen LogP contribution in [0.2, 0.25) is 0 Å². The van der Waals surface area contributed by atoms with Gasteiger partial charge in [0, 0.05) is 17.7 Å². The molecule has 8 heteroatoms. The van der Waals surface area contributed by atoms with Crippen molar-refractivity contribution >= 4 is 33.3 Å². The summed E-state index contributed by atoms with van der Waals surface area (Å²) in [7, 11) is -3.89. The average molecular weight is 450 g/mol. The predicted molar refractivity (Wildman–Crippen MR) is 119 cm³/mol. The van der Waals surface area contributed by atoms with Crippen LogP contribution in [0.4, 0.5) is 11.4 Å². The number of nitrogens with zero attached hydrogens (tertiary/aromatic N) is 1. The van der Waals surface area contributed by atoms with Crippen LogP contribution in [-0.4, -0.2) is 26.8 Å². The second-order valence-electron chi connectivity index (χ2n) is 7.63. The van der Waals surface area contributed by atoms with E-state index in [1.165, 1.54) is 46.8 Å². The minimum absolute atomic E-state index is 0.00763. The Morgan fingerprint density at radius 2 is 1.78 bits per heavy atom. The number of hydrogen-bond donors (Lipinski definition) is 1. The largest absolute Gasteiger partial charge is 0.545 e. The topological polar surface area (TPSA) is 107 Å². The Hall–Kier alpha value is -3.65. The van der Waals surface area contributed by atoms with E-state index in [0.717, 1.165) is 17.5 Å². The van der Waals surface area contributed by atoms with Gasteiger partial charge in [0.05, 0.1) is 22.2 Å². The lowest BCUT2D eigenvalue weighted by Crippen LogP contribution is -2.35. The molecule has 1 aliphatic heterocycles. The standard InChI is InChI=1S/C24H22N2O5S/c1-16-11-12-22-17(14-16)7-5-13-26(22)32(30,31)19-8-4-6-18(15-19)23(27)25-21-10-3-2-9-20(21)24(28)29/h2-4,6,8-12,14-15H,5,7,13H2,1H3,(H,25,27)(H,28,29)/p-1. The quantitative estimate of drug-likeness (QED) is 0.645. The lowest BCUT2D eigenvalue weighted by molar-refractivity contribution is -0.254. The second-order valence-corrected chi connectivity index (χ2v) is 9.49. The molecular formula is C24H21N2O5S-. The molecule has 164 valence electrons. The fourth-order valence-electron chi connectivity index (χ4n) is 3.83. The highest BCUT2D eigenvalue weighted by molar-refractivity contribution is 7.92. The van der Waals surface area contributed by atoms with Crippen molar-refractivity contribution in [3.05, 3.63) is 89.0 Å². The highest BCUT2D eigenvalue weighted by atomic mass is 32.2. The van der Waals surface area contributed by atoms with Crippen LogP contribution < -0.4 is 14.7 Å². The molecule has 1 heterocycles. The van der Waals surface area contributed by atoms with Gasteiger partial charge in [0.15, 0.2) is 0 Å². The van der Waals surface area contributed by atoms with Gasteiger partial charge in [-0.05, 0) is 55.7 Å². The maximum atomic E-state index is 13.4. The molecule has 1 aliphatic rings. The van der Waals surface area contributed by atoms with E-state index in [4.69, 9.17) is 0 Å². The minimum Gasteiger partial charge on any atom is -0.545 e. The van der Waals surface area contributed by atoms with E-state index in [1.54, 1.807) is 6.07 Å². The summed E-state index contributed by atoms with van der Waals surface area (Å²) in [5.74, 6) is -2.04. The van der Waals surface area contributed by atoms with E-state index in [0.29, 0.717) is 18.7 Å². The molecule has 0 saturated carbocycles. The third-order valence-corrected chi connectivity index (χ3v) is 7.20. The molecule has 3 aromatic rings. The van der Waals surface area contributed by atoms with Crippen LogP contribution in [0.25, 0.3) is 0 Å². The number of fused-ring (bicyclic) bond motifs is 1. The first kappa shape index (κ1) is 21.6. The zero-order valence-corrected chi connectivity index (χ0v) is 18.2. The smallest absolute Gasteiger partial charge is 0.264 e. The number of hydrogen-bond acceptors (Lipinski definition) is 5. The number of carbonyl (C=O) groups excluding carboxylic acids is 2. The van der Waals surface area contributed by atoms with Gasteiger partial charge in [0.25, 0.3) is 15.9 Å². The van der Waals surface area contributed by atoms with E-state index < -0.39 is 21.9 Å². The number of rotatable bonds is 5. The van der Waals surface area contributed by atoms with Gasteiger partial charge in [0.1, 0.15) is 0 Å². The third kappa shape index (κ3) is 4.09. The summed E-state index contributed by atoms with van der Waals surface area (Å²) in [6, 6.07) is 17.3. The minimum atomic E-state index is -3.89. The van der Waals surface area contributed by atoms with Crippen LogP contribution in [0.1, 0.15) is 38.3 Å². The van der Waals surface area contributed by atoms with Crippen molar-refractivity contribution in [1.82, 2.24) is 0 Å². The zero-order chi connectivity index (χ0) is 22.9. The molecule has 0 fully saturated rings. The Balaban J connectivity index is 1.65. The molecule has 3 aromatic carbocycles.